The van der Waals surface area contributed by atoms with E-state index < -0.39 is 0 Å². The minimum absolute atomic E-state index is 0.221. The molecule has 2 aliphatic rings. The van der Waals surface area contributed by atoms with Crippen molar-refractivity contribution in [3.05, 3.63) is 23.1 Å². The third kappa shape index (κ3) is 4.35. The Morgan fingerprint density at radius 1 is 1.21 bits per heavy atom. The number of ether oxygens (including phenoxy) is 1. The zero-order chi connectivity index (χ0) is 19.3. The predicted octanol–water partition coefficient (Wildman–Crippen LogP) is 3.15. The van der Waals surface area contributed by atoms with Gasteiger partial charge in [-0.2, -0.15) is 16.7 Å². The van der Waals surface area contributed by atoms with Crippen LogP contribution in [-0.2, 0) is 11.2 Å². The van der Waals surface area contributed by atoms with Crippen molar-refractivity contribution in [3.8, 4) is 0 Å². The number of hydrogen-bond donors (Lipinski definition) is 1. The summed E-state index contributed by atoms with van der Waals surface area (Å²) < 4.78 is 11.3. The average molecular weight is 422 g/mol. The summed E-state index contributed by atoms with van der Waals surface area (Å²) in [6.45, 7) is 7.37. The zero-order valence-electron chi connectivity index (χ0n) is 15.9. The Hall–Kier alpha value is -1.61. The fraction of sp³-hybridized carbons (Fsp3) is 0.526. The Kier molecular flexibility index (Phi) is 6.51. The molecule has 9 heteroatoms. The number of anilines is 1. The molecule has 2 fully saturated rings. The Bertz CT molecular complexity index is 929. The monoisotopic (exact) mass is 421 g/mol. The summed E-state index contributed by atoms with van der Waals surface area (Å²) in [6.07, 6.45) is 2.74. The van der Waals surface area contributed by atoms with Crippen LogP contribution in [0.25, 0.3) is 22.2 Å². The van der Waals surface area contributed by atoms with Crippen LogP contribution in [0, 0.1) is 0 Å². The fourth-order valence-corrected chi connectivity index (χ4v) is 4.18. The van der Waals surface area contributed by atoms with Gasteiger partial charge >= 0.3 is 0 Å². The lowest BCUT2D eigenvalue weighted by Gasteiger charge is -2.27. The minimum atomic E-state index is 0.221. The van der Waals surface area contributed by atoms with Gasteiger partial charge in [-0.1, -0.05) is 6.92 Å². The van der Waals surface area contributed by atoms with Crippen LogP contribution in [0.4, 0.5) is 5.82 Å². The van der Waals surface area contributed by atoms with Crippen molar-refractivity contribution >= 4 is 51.4 Å². The number of rotatable bonds is 2. The summed E-state index contributed by atoms with van der Waals surface area (Å²) in [5, 5.41) is 4.37. The van der Waals surface area contributed by atoms with Gasteiger partial charge in [-0.15, -0.1) is 0 Å². The third-order valence-corrected chi connectivity index (χ3v) is 5.90. The number of hydrogen-bond acceptors (Lipinski definition) is 8. The molecule has 0 atom stereocenters. The first kappa shape index (κ1) is 19.7. The molecule has 3 aromatic heterocycles. The van der Waals surface area contributed by atoms with Crippen LogP contribution >= 0.6 is 23.4 Å². The van der Waals surface area contributed by atoms with Gasteiger partial charge in [-0.3, -0.25) is 0 Å². The molecule has 0 aromatic carbocycles. The number of pyridine rings is 1. The SMILES string of the molecule is C1CSCCN1.CCc1cnc2oc3c(N4CCOCC4)nc(Cl)nc3c2c1. The molecule has 7 nitrogen and oxygen atoms in total. The molecule has 0 amide bonds. The molecule has 5 rings (SSSR count). The van der Waals surface area contributed by atoms with E-state index in [4.69, 9.17) is 20.8 Å². The number of aromatic nitrogens is 3. The molecule has 0 bridgehead atoms. The first-order valence-corrected chi connectivity index (χ1v) is 11.2. The smallest absolute Gasteiger partial charge is 0.229 e. The topological polar surface area (TPSA) is 76.3 Å². The molecule has 1 N–H and O–H groups in total. The second-order valence-corrected chi connectivity index (χ2v) is 8.17. The molecular weight excluding hydrogens is 398 g/mol. The first-order valence-electron chi connectivity index (χ1n) is 9.62. The summed E-state index contributed by atoms with van der Waals surface area (Å²) in [5.41, 5.74) is 3.07. The Labute approximate surface area is 173 Å². The summed E-state index contributed by atoms with van der Waals surface area (Å²) in [6, 6.07) is 2.06. The molecule has 0 spiro atoms. The summed E-state index contributed by atoms with van der Waals surface area (Å²) in [5.74, 6) is 3.33. The molecule has 0 saturated carbocycles. The lowest BCUT2D eigenvalue weighted by Crippen LogP contribution is -2.36. The molecule has 150 valence electrons. The molecule has 0 aliphatic carbocycles. The molecule has 2 aliphatic heterocycles. The molecule has 5 heterocycles. The van der Waals surface area contributed by atoms with Crippen molar-refractivity contribution in [3.63, 3.8) is 0 Å². The maximum atomic E-state index is 6.13. The summed E-state index contributed by atoms with van der Waals surface area (Å²) in [4.78, 5) is 15.2. The van der Waals surface area contributed by atoms with Crippen molar-refractivity contribution in [2.24, 2.45) is 0 Å². The van der Waals surface area contributed by atoms with Crippen LogP contribution in [0.3, 0.4) is 0 Å². The van der Waals surface area contributed by atoms with Crippen molar-refractivity contribution < 1.29 is 9.15 Å². The van der Waals surface area contributed by atoms with Gasteiger partial charge in [0.15, 0.2) is 11.4 Å². The second-order valence-electron chi connectivity index (χ2n) is 6.61. The van der Waals surface area contributed by atoms with E-state index in [2.05, 4.69) is 38.2 Å². The summed E-state index contributed by atoms with van der Waals surface area (Å²) in [7, 11) is 0. The molecular formula is C19H24ClN5O2S. The maximum Gasteiger partial charge on any atom is 0.229 e. The highest BCUT2D eigenvalue weighted by Gasteiger charge is 2.22. The minimum Gasteiger partial charge on any atom is -0.432 e. The molecule has 2 saturated heterocycles. The van der Waals surface area contributed by atoms with Crippen molar-refractivity contribution in [1.29, 1.82) is 0 Å². The number of halogens is 1. The Balaban J connectivity index is 0.000000275. The van der Waals surface area contributed by atoms with Crippen LogP contribution in [-0.4, -0.2) is 65.9 Å². The number of nitrogens with one attached hydrogen (secondary N) is 1. The second kappa shape index (κ2) is 9.26. The summed E-state index contributed by atoms with van der Waals surface area (Å²) >= 11 is 8.16. The van der Waals surface area contributed by atoms with Gasteiger partial charge in [0.1, 0.15) is 5.52 Å². The first-order chi connectivity index (χ1) is 13.8. The van der Waals surface area contributed by atoms with Crippen LogP contribution in [0.15, 0.2) is 16.7 Å². The highest BCUT2D eigenvalue weighted by Crippen LogP contribution is 2.33. The van der Waals surface area contributed by atoms with Crippen LogP contribution in [0.2, 0.25) is 5.28 Å². The fourth-order valence-electron chi connectivity index (χ4n) is 3.23. The number of thioether (sulfide) groups is 1. The molecule has 28 heavy (non-hydrogen) atoms. The van der Waals surface area contributed by atoms with Crippen LogP contribution < -0.4 is 10.2 Å². The van der Waals surface area contributed by atoms with Gasteiger partial charge in [-0.25, -0.2) is 9.97 Å². The van der Waals surface area contributed by atoms with E-state index in [1.54, 1.807) is 0 Å². The highest BCUT2D eigenvalue weighted by atomic mass is 35.5. The van der Waals surface area contributed by atoms with Gasteiger partial charge in [-0.05, 0) is 29.7 Å². The highest BCUT2D eigenvalue weighted by molar-refractivity contribution is 7.99. The number of furan rings is 1. The van der Waals surface area contributed by atoms with Crippen molar-refractivity contribution in [2.45, 2.75) is 13.3 Å². The zero-order valence-corrected chi connectivity index (χ0v) is 17.5. The van der Waals surface area contributed by atoms with Gasteiger partial charge in [0.25, 0.3) is 0 Å². The number of morpholine rings is 1. The normalized spacial score (nSPS) is 17.6. The van der Waals surface area contributed by atoms with E-state index in [-0.39, 0.29) is 5.28 Å². The number of nitrogens with zero attached hydrogens (tertiary/aromatic N) is 4. The molecule has 0 unspecified atom stereocenters. The van der Waals surface area contributed by atoms with Crippen LogP contribution in [0.5, 0.6) is 0 Å². The van der Waals surface area contributed by atoms with E-state index in [0.717, 1.165) is 36.0 Å². The van der Waals surface area contributed by atoms with E-state index >= 15 is 0 Å². The van der Waals surface area contributed by atoms with Crippen molar-refractivity contribution in [1.82, 2.24) is 20.3 Å². The lowest BCUT2D eigenvalue weighted by molar-refractivity contribution is 0.122. The quantitative estimate of drug-likeness (QED) is 0.632. The molecule has 3 aromatic rings. The largest absolute Gasteiger partial charge is 0.432 e. The standard InChI is InChI=1S/C15H15ClN4O2.C4H9NS/c1-2-9-7-10-11-12(22-14(10)17-8-9)13(19-15(16)18-11)20-3-5-21-6-4-20;1-3-6-4-2-5-1/h7-8H,2-6H2,1H3;5H,1-4H2. The van der Waals surface area contributed by atoms with E-state index in [9.17, 15) is 0 Å². The van der Waals surface area contributed by atoms with E-state index in [0.29, 0.717) is 30.3 Å². The number of aryl methyl sites for hydroxylation is 1. The average Bonchev–Trinajstić information content (AvgIpc) is 3.13. The van der Waals surface area contributed by atoms with Crippen molar-refractivity contribution in [2.75, 3.05) is 55.8 Å². The van der Waals surface area contributed by atoms with Gasteiger partial charge < -0.3 is 19.4 Å². The Morgan fingerprint density at radius 3 is 2.64 bits per heavy atom. The van der Waals surface area contributed by atoms with E-state index in [1.165, 1.54) is 24.6 Å². The van der Waals surface area contributed by atoms with Gasteiger partial charge in [0, 0.05) is 43.9 Å². The van der Waals surface area contributed by atoms with Gasteiger partial charge in [0.2, 0.25) is 11.0 Å². The maximum absolute atomic E-state index is 6.13. The van der Waals surface area contributed by atoms with E-state index in [1.807, 2.05) is 18.0 Å². The third-order valence-electron chi connectivity index (χ3n) is 4.75. The number of fused-ring (bicyclic) bond motifs is 3. The lowest BCUT2D eigenvalue weighted by atomic mass is 10.2. The van der Waals surface area contributed by atoms with Crippen LogP contribution in [0.1, 0.15) is 12.5 Å². The molecule has 0 radical (unpaired) electrons. The Morgan fingerprint density at radius 2 is 2.00 bits per heavy atom. The predicted molar refractivity (Wildman–Crippen MR) is 115 cm³/mol. The van der Waals surface area contributed by atoms with Gasteiger partial charge in [0.05, 0.1) is 18.6 Å².